The Hall–Kier alpha value is -0.535. The van der Waals surface area contributed by atoms with Crippen molar-refractivity contribution in [3.8, 4) is 0 Å². The zero-order valence-electron chi connectivity index (χ0n) is 11.4. The molecule has 90 valence electrons. The summed E-state index contributed by atoms with van der Waals surface area (Å²) in [6, 6.07) is 0. The highest BCUT2D eigenvalue weighted by Crippen LogP contribution is 2.38. The van der Waals surface area contributed by atoms with E-state index < -0.39 is 0 Å². The topological polar surface area (TPSA) is 18.5 Å². The van der Waals surface area contributed by atoms with E-state index in [4.69, 9.17) is 9.31 Å². The van der Waals surface area contributed by atoms with Crippen LogP contribution in [0.4, 0.5) is 0 Å². The summed E-state index contributed by atoms with van der Waals surface area (Å²) in [4.78, 5) is 0. The SMILES string of the molecule is C=C(/C=C(\C)CC)B1OC(C)(C)C(C)(C)O1. The summed E-state index contributed by atoms with van der Waals surface area (Å²) >= 11 is 0. The first-order chi connectivity index (χ1) is 7.19. The van der Waals surface area contributed by atoms with E-state index in [1.807, 2.05) is 0 Å². The highest BCUT2D eigenvalue weighted by atomic mass is 16.7. The van der Waals surface area contributed by atoms with Crippen LogP contribution < -0.4 is 0 Å². The number of rotatable bonds is 3. The normalized spacial score (nSPS) is 23.6. The van der Waals surface area contributed by atoms with Crippen LogP contribution in [-0.2, 0) is 9.31 Å². The van der Waals surface area contributed by atoms with Crippen LogP contribution in [0.1, 0.15) is 48.0 Å². The lowest BCUT2D eigenvalue weighted by atomic mass is 9.78. The van der Waals surface area contributed by atoms with Gasteiger partial charge >= 0.3 is 7.12 Å². The van der Waals surface area contributed by atoms with E-state index in [9.17, 15) is 0 Å². The molecule has 0 spiro atoms. The van der Waals surface area contributed by atoms with E-state index >= 15 is 0 Å². The second-order valence-electron chi connectivity index (χ2n) is 5.51. The van der Waals surface area contributed by atoms with Gasteiger partial charge in [0.1, 0.15) is 0 Å². The molecular weight excluding hydrogens is 199 g/mol. The number of hydrogen-bond donors (Lipinski definition) is 0. The number of allylic oxidation sites excluding steroid dienone is 3. The maximum absolute atomic E-state index is 5.90. The third-order valence-electron chi connectivity index (χ3n) is 3.55. The molecule has 3 heteroatoms. The summed E-state index contributed by atoms with van der Waals surface area (Å²) in [5.41, 5.74) is 1.63. The van der Waals surface area contributed by atoms with Gasteiger partial charge in [-0.2, -0.15) is 0 Å². The molecule has 0 saturated carbocycles. The molecule has 0 aromatic heterocycles. The molecule has 0 atom stereocenters. The lowest BCUT2D eigenvalue weighted by Gasteiger charge is -2.32. The van der Waals surface area contributed by atoms with Gasteiger partial charge in [-0.1, -0.05) is 25.2 Å². The second kappa shape index (κ2) is 4.38. The van der Waals surface area contributed by atoms with Crippen molar-refractivity contribution in [2.24, 2.45) is 0 Å². The molecule has 1 heterocycles. The molecule has 0 unspecified atom stereocenters. The first-order valence-electron chi connectivity index (χ1n) is 5.91. The van der Waals surface area contributed by atoms with Crippen molar-refractivity contribution in [2.45, 2.75) is 59.2 Å². The summed E-state index contributed by atoms with van der Waals surface area (Å²) in [5, 5.41) is 0. The molecule has 0 amide bonds. The number of hydrogen-bond acceptors (Lipinski definition) is 2. The summed E-state index contributed by atoms with van der Waals surface area (Å²) in [5.74, 6) is 0. The zero-order valence-corrected chi connectivity index (χ0v) is 11.4. The third kappa shape index (κ3) is 2.58. The van der Waals surface area contributed by atoms with Crippen LogP contribution >= 0.6 is 0 Å². The van der Waals surface area contributed by atoms with E-state index in [0.29, 0.717) is 0 Å². The minimum Gasteiger partial charge on any atom is -0.399 e. The average Bonchev–Trinajstić information content (AvgIpc) is 2.36. The summed E-state index contributed by atoms with van der Waals surface area (Å²) in [7, 11) is -0.313. The molecule has 0 N–H and O–H groups in total. The highest BCUT2D eigenvalue weighted by Gasteiger charge is 2.51. The predicted octanol–water partition coefficient (Wildman–Crippen LogP) is 3.53. The molecule has 0 aromatic carbocycles. The van der Waals surface area contributed by atoms with Crippen molar-refractivity contribution in [3.63, 3.8) is 0 Å². The van der Waals surface area contributed by atoms with Gasteiger partial charge in [0, 0.05) is 0 Å². The fourth-order valence-corrected chi connectivity index (χ4v) is 1.48. The molecule has 1 fully saturated rings. The molecule has 0 radical (unpaired) electrons. The standard InChI is InChI=1S/C13H23BO2/c1-8-10(2)9-11(3)14-15-12(4,5)13(6,7)16-14/h9H,3,8H2,1-2,4-7H3/b10-9+. The first kappa shape index (κ1) is 13.5. The molecule has 0 bridgehead atoms. The van der Waals surface area contributed by atoms with Crippen LogP contribution in [0.2, 0.25) is 0 Å². The zero-order chi connectivity index (χ0) is 12.6. The Morgan fingerprint density at radius 3 is 2.00 bits per heavy atom. The Kier molecular flexibility index (Phi) is 3.71. The van der Waals surface area contributed by atoms with Gasteiger partial charge in [0.2, 0.25) is 0 Å². The smallest absolute Gasteiger partial charge is 0.399 e. The van der Waals surface area contributed by atoms with Gasteiger partial charge < -0.3 is 9.31 Å². The van der Waals surface area contributed by atoms with Crippen molar-refractivity contribution in [1.82, 2.24) is 0 Å². The molecule has 1 aliphatic heterocycles. The van der Waals surface area contributed by atoms with E-state index in [2.05, 4.69) is 54.2 Å². The Labute approximate surface area is 99.9 Å². The summed E-state index contributed by atoms with van der Waals surface area (Å²) in [6.07, 6.45) is 3.08. The van der Waals surface area contributed by atoms with Crippen LogP contribution in [-0.4, -0.2) is 18.3 Å². The molecule has 2 nitrogen and oxygen atoms in total. The van der Waals surface area contributed by atoms with Gasteiger partial charge in [-0.3, -0.25) is 0 Å². The third-order valence-corrected chi connectivity index (χ3v) is 3.55. The minimum atomic E-state index is -0.313. The van der Waals surface area contributed by atoms with E-state index in [1.165, 1.54) is 5.57 Å². The van der Waals surface area contributed by atoms with Gasteiger partial charge in [-0.25, -0.2) is 0 Å². The largest absolute Gasteiger partial charge is 0.494 e. The monoisotopic (exact) mass is 222 g/mol. The van der Waals surface area contributed by atoms with Gasteiger partial charge in [0.25, 0.3) is 0 Å². The van der Waals surface area contributed by atoms with Crippen LogP contribution in [0.3, 0.4) is 0 Å². The molecule has 1 rings (SSSR count). The fourth-order valence-electron chi connectivity index (χ4n) is 1.48. The molecule has 0 aromatic rings. The average molecular weight is 222 g/mol. The van der Waals surface area contributed by atoms with Crippen LogP contribution in [0.15, 0.2) is 23.7 Å². The predicted molar refractivity (Wildman–Crippen MR) is 69.3 cm³/mol. The summed E-state index contributed by atoms with van der Waals surface area (Å²) < 4.78 is 11.8. The van der Waals surface area contributed by atoms with Crippen LogP contribution in [0, 0.1) is 0 Å². The second-order valence-corrected chi connectivity index (χ2v) is 5.51. The molecule has 1 aliphatic rings. The Morgan fingerprint density at radius 2 is 1.62 bits per heavy atom. The quantitative estimate of drug-likeness (QED) is 0.537. The van der Waals surface area contributed by atoms with E-state index in [1.54, 1.807) is 0 Å². The van der Waals surface area contributed by atoms with Crippen LogP contribution in [0.5, 0.6) is 0 Å². The van der Waals surface area contributed by atoms with E-state index in [-0.39, 0.29) is 18.3 Å². The van der Waals surface area contributed by atoms with Gasteiger partial charge in [-0.15, -0.1) is 0 Å². The van der Waals surface area contributed by atoms with Gasteiger partial charge in [0.15, 0.2) is 0 Å². The molecule has 16 heavy (non-hydrogen) atoms. The van der Waals surface area contributed by atoms with Crippen LogP contribution in [0.25, 0.3) is 0 Å². The first-order valence-corrected chi connectivity index (χ1v) is 5.91. The minimum absolute atomic E-state index is 0.283. The van der Waals surface area contributed by atoms with Crippen molar-refractivity contribution in [3.05, 3.63) is 23.7 Å². The Morgan fingerprint density at radius 1 is 1.19 bits per heavy atom. The molecule has 0 aliphatic carbocycles. The van der Waals surface area contributed by atoms with Crippen molar-refractivity contribution in [2.75, 3.05) is 0 Å². The lowest BCUT2D eigenvalue weighted by Crippen LogP contribution is -2.41. The Balaban J connectivity index is 2.77. The summed E-state index contributed by atoms with van der Waals surface area (Å²) in [6.45, 7) is 16.5. The molecule has 1 saturated heterocycles. The van der Waals surface area contributed by atoms with E-state index in [0.717, 1.165) is 11.9 Å². The fraction of sp³-hybridized carbons (Fsp3) is 0.692. The van der Waals surface area contributed by atoms with Crippen molar-refractivity contribution < 1.29 is 9.31 Å². The maximum Gasteiger partial charge on any atom is 0.494 e. The van der Waals surface area contributed by atoms with Gasteiger partial charge in [0.05, 0.1) is 11.2 Å². The van der Waals surface area contributed by atoms with Gasteiger partial charge in [-0.05, 0) is 46.5 Å². The molecular formula is C13H23BO2. The lowest BCUT2D eigenvalue weighted by molar-refractivity contribution is 0.00578. The maximum atomic E-state index is 5.90. The van der Waals surface area contributed by atoms with Crippen molar-refractivity contribution in [1.29, 1.82) is 0 Å². The Bertz CT molecular complexity index is 300. The van der Waals surface area contributed by atoms with Crippen molar-refractivity contribution >= 4 is 7.12 Å². The highest BCUT2D eigenvalue weighted by molar-refractivity contribution is 6.55.